The van der Waals surface area contributed by atoms with Gasteiger partial charge in [0.25, 0.3) is 0 Å². The Bertz CT molecular complexity index is 739. The van der Waals surface area contributed by atoms with Crippen molar-refractivity contribution in [1.82, 2.24) is 0 Å². The predicted octanol–water partition coefficient (Wildman–Crippen LogP) is 3.93. The summed E-state index contributed by atoms with van der Waals surface area (Å²) in [4.78, 5) is 36.0. The average molecular weight is 376 g/mol. The molecule has 0 heterocycles. The van der Waals surface area contributed by atoms with Crippen LogP contribution < -0.4 is 10.6 Å². The van der Waals surface area contributed by atoms with Crippen LogP contribution in [0.15, 0.2) is 18.2 Å². The third-order valence-electron chi connectivity index (χ3n) is 5.75. The van der Waals surface area contributed by atoms with Crippen molar-refractivity contribution in [3.8, 4) is 0 Å². The summed E-state index contributed by atoms with van der Waals surface area (Å²) in [6.45, 7) is 0. The largest absolute Gasteiger partial charge is 0.481 e. The van der Waals surface area contributed by atoms with Crippen LogP contribution in [0.4, 0.5) is 15.8 Å². The van der Waals surface area contributed by atoms with E-state index in [0.29, 0.717) is 18.5 Å². The number of carboxylic acid groups (broad SMARTS) is 1. The fraction of sp³-hybridized carbons (Fsp3) is 0.550. The van der Waals surface area contributed by atoms with E-state index in [2.05, 4.69) is 10.6 Å². The Balaban J connectivity index is 1.63. The summed E-state index contributed by atoms with van der Waals surface area (Å²) in [5.41, 5.74) is -0.623. The van der Waals surface area contributed by atoms with E-state index in [0.717, 1.165) is 38.5 Å². The van der Waals surface area contributed by atoms with Crippen LogP contribution in [0.2, 0.25) is 0 Å². The molecule has 3 N–H and O–H groups in total. The molecule has 0 saturated heterocycles. The molecule has 2 amide bonds. The zero-order valence-electron chi connectivity index (χ0n) is 15.2. The number of benzene rings is 1. The summed E-state index contributed by atoms with van der Waals surface area (Å²) in [5.74, 6) is -2.25. The SMILES string of the molecule is O=C(CC1(C(=O)O)CCC1)Nc1ccc(F)c(NC(=O)C2CCCCC2)c1. The molecule has 146 valence electrons. The van der Waals surface area contributed by atoms with Gasteiger partial charge in [0, 0.05) is 18.0 Å². The number of carbonyl (C=O) groups is 3. The maximum atomic E-state index is 14.1. The van der Waals surface area contributed by atoms with Gasteiger partial charge in [-0.05, 0) is 43.9 Å². The molecule has 7 heteroatoms. The molecule has 0 unspecified atom stereocenters. The van der Waals surface area contributed by atoms with E-state index < -0.39 is 23.1 Å². The van der Waals surface area contributed by atoms with Crippen LogP contribution >= 0.6 is 0 Å². The molecule has 1 aromatic carbocycles. The third-order valence-corrected chi connectivity index (χ3v) is 5.75. The first kappa shape index (κ1) is 19.3. The molecule has 0 aromatic heterocycles. The topological polar surface area (TPSA) is 95.5 Å². The van der Waals surface area contributed by atoms with Crippen LogP contribution in [0.3, 0.4) is 0 Å². The molecule has 27 heavy (non-hydrogen) atoms. The lowest BCUT2D eigenvalue weighted by Crippen LogP contribution is -2.41. The zero-order valence-corrected chi connectivity index (χ0v) is 15.2. The maximum Gasteiger partial charge on any atom is 0.310 e. The molecule has 3 rings (SSSR count). The molecule has 0 aliphatic heterocycles. The van der Waals surface area contributed by atoms with Gasteiger partial charge in [0.1, 0.15) is 5.82 Å². The molecule has 0 radical (unpaired) electrons. The third kappa shape index (κ3) is 4.46. The lowest BCUT2D eigenvalue weighted by molar-refractivity contribution is -0.157. The minimum Gasteiger partial charge on any atom is -0.481 e. The Labute approximate surface area is 157 Å². The molecular formula is C20H25FN2O4. The molecule has 0 bridgehead atoms. The van der Waals surface area contributed by atoms with Crippen LogP contribution in [0.25, 0.3) is 0 Å². The summed E-state index contributed by atoms with van der Waals surface area (Å²) in [6, 6.07) is 3.96. The van der Waals surface area contributed by atoms with Crippen LogP contribution in [0, 0.1) is 17.2 Å². The van der Waals surface area contributed by atoms with Crippen molar-refractivity contribution in [2.24, 2.45) is 11.3 Å². The Hall–Kier alpha value is -2.44. The average Bonchev–Trinajstić information content (AvgIpc) is 2.61. The van der Waals surface area contributed by atoms with Crippen molar-refractivity contribution in [2.45, 2.75) is 57.8 Å². The fourth-order valence-corrected chi connectivity index (χ4v) is 3.88. The van der Waals surface area contributed by atoms with E-state index in [-0.39, 0.29) is 23.9 Å². The monoisotopic (exact) mass is 376 g/mol. The van der Waals surface area contributed by atoms with Crippen LogP contribution in [-0.2, 0) is 14.4 Å². The number of carboxylic acids is 1. The van der Waals surface area contributed by atoms with Gasteiger partial charge in [0.2, 0.25) is 11.8 Å². The zero-order chi connectivity index (χ0) is 19.4. The molecule has 2 aliphatic rings. The highest BCUT2D eigenvalue weighted by atomic mass is 19.1. The molecular weight excluding hydrogens is 351 g/mol. The highest BCUT2D eigenvalue weighted by Gasteiger charge is 2.45. The van der Waals surface area contributed by atoms with Gasteiger partial charge >= 0.3 is 5.97 Å². The van der Waals surface area contributed by atoms with Gasteiger partial charge in [0.05, 0.1) is 11.1 Å². The number of carbonyl (C=O) groups excluding carboxylic acids is 2. The van der Waals surface area contributed by atoms with Gasteiger partial charge < -0.3 is 15.7 Å². The summed E-state index contributed by atoms with van der Waals surface area (Å²) >= 11 is 0. The van der Waals surface area contributed by atoms with Gasteiger partial charge in [-0.1, -0.05) is 25.7 Å². The van der Waals surface area contributed by atoms with E-state index >= 15 is 0 Å². The Morgan fingerprint density at radius 1 is 1.07 bits per heavy atom. The van der Waals surface area contributed by atoms with Crippen molar-refractivity contribution in [3.05, 3.63) is 24.0 Å². The first-order valence-corrected chi connectivity index (χ1v) is 9.53. The van der Waals surface area contributed by atoms with Crippen molar-refractivity contribution in [3.63, 3.8) is 0 Å². The first-order chi connectivity index (χ1) is 12.9. The molecule has 2 fully saturated rings. The van der Waals surface area contributed by atoms with E-state index in [9.17, 15) is 23.9 Å². The second-order valence-corrected chi connectivity index (χ2v) is 7.68. The van der Waals surface area contributed by atoms with Crippen LogP contribution in [-0.4, -0.2) is 22.9 Å². The summed E-state index contributed by atoms with van der Waals surface area (Å²) in [6.07, 6.45) is 6.41. The van der Waals surface area contributed by atoms with E-state index in [1.807, 2.05) is 0 Å². The molecule has 0 atom stereocenters. The number of aliphatic carboxylic acids is 1. The second kappa shape index (κ2) is 8.06. The molecule has 2 aliphatic carbocycles. The van der Waals surface area contributed by atoms with Crippen molar-refractivity contribution >= 4 is 29.2 Å². The molecule has 2 saturated carbocycles. The fourth-order valence-electron chi connectivity index (χ4n) is 3.88. The highest BCUT2D eigenvalue weighted by molar-refractivity contribution is 5.96. The van der Waals surface area contributed by atoms with E-state index in [4.69, 9.17) is 0 Å². The summed E-state index contributed by atoms with van der Waals surface area (Å²) < 4.78 is 14.1. The minimum atomic E-state index is -0.984. The van der Waals surface area contributed by atoms with Gasteiger partial charge in [-0.2, -0.15) is 0 Å². The molecule has 0 spiro atoms. The standard InChI is InChI=1S/C20H25FN2O4/c21-15-8-7-14(22-17(24)12-20(19(26)27)9-4-10-20)11-16(15)23-18(25)13-5-2-1-3-6-13/h7-8,11,13H,1-6,9-10,12H2,(H,22,24)(H,23,25)(H,26,27). The smallest absolute Gasteiger partial charge is 0.310 e. The van der Waals surface area contributed by atoms with Crippen molar-refractivity contribution < 1.29 is 23.9 Å². The van der Waals surface area contributed by atoms with Crippen molar-refractivity contribution in [1.29, 1.82) is 0 Å². The van der Waals surface area contributed by atoms with E-state index in [1.165, 1.54) is 18.2 Å². The van der Waals surface area contributed by atoms with Crippen LogP contribution in [0.5, 0.6) is 0 Å². The minimum absolute atomic E-state index is 0.0277. The van der Waals surface area contributed by atoms with Gasteiger partial charge in [-0.15, -0.1) is 0 Å². The molecule has 6 nitrogen and oxygen atoms in total. The lowest BCUT2D eigenvalue weighted by atomic mass is 9.66. The highest BCUT2D eigenvalue weighted by Crippen LogP contribution is 2.44. The van der Waals surface area contributed by atoms with Gasteiger partial charge in [0.15, 0.2) is 0 Å². The summed E-state index contributed by atoms with van der Waals surface area (Å²) in [7, 11) is 0. The number of hydrogen-bond donors (Lipinski definition) is 3. The Morgan fingerprint density at radius 3 is 2.37 bits per heavy atom. The van der Waals surface area contributed by atoms with Gasteiger partial charge in [-0.25, -0.2) is 4.39 Å². The Morgan fingerprint density at radius 2 is 1.78 bits per heavy atom. The number of rotatable bonds is 6. The first-order valence-electron chi connectivity index (χ1n) is 9.53. The second-order valence-electron chi connectivity index (χ2n) is 7.68. The number of anilines is 2. The lowest BCUT2D eigenvalue weighted by Gasteiger charge is -2.36. The predicted molar refractivity (Wildman–Crippen MR) is 98.8 cm³/mol. The maximum absolute atomic E-state index is 14.1. The van der Waals surface area contributed by atoms with E-state index in [1.54, 1.807) is 0 Å². The number of nitrogens with one attached hydrogen (secondary N) is 2. The quantitative estimate of drug-likeness (QED) is 0.701. The van der Waals surface area contributed by atoms with Crippen molar-refractivity contribution in [2.75, 3.05) is 10.6 Å². The number of hydrogen-bond acceptors (Lipinski definition) is 3. The summed E-state index contributed by atoms with van der Waals surface area (Å²) in [5, 5.41) is 14.6. The van der Waals surface area contributed by atoms with Crippen LogP contribution in [0.1, 0.15) is 57.8 Å². The Kier molecular flexibility index (Phi) is 5.77. The van der Waals surface area contributed by atoms with Gasteiger partial charge in [-0.3, -0.25) is 14.4 Å². The number of amides is 2. The number of halogens is 1. The molecule has 1 aromatic rings. The normalized spacial score (nSPS) is 19.0.